The molecule has 0 bridgehead atoms. The SMILES string of the molecule is O=C(Cc1cn2ccccc2n1)N1CCN(Cc2ccc3c(c2)OCO3)CC1. The van der Waals surface area contributed by atoms with Gasteiger partial charge in [-0.05, 0) is 29.8 Å². The van der Waals surface area contributed by atoms with Crippen molar-refractivity contribution in [2.24, 2.45) is 0 Å². The fraction of sp³-hybridized carbons (Fsp3) is 0.333. The molecule has 0 saturated carbocycles. The Morgan fingerprint density at radius 1 is 1.04 bits per heavy atom. The van der Waals surface area contributed by atoms with Gasteiger partial charge < -0.3 is 18.8 Å². The van der Waals surface area contributed by atoms with Gasteiger partial charge in [0, 0.05) is 45.1 Å². The Bertz CT molecular complexity index is 975. The lowest BCUT2D eigenvalue weighted by Gasteiger charge is -2.34. The van der Waals surface area contributed by atoms with Crippen molar-refractivity contribution in [3.8, 4) is 11.5 Å². The summed E-state index contributed by atoms with van der Waals surface area (Å²) in [6.07, 6.45) is 4.23. The molecule has 2 aliphatic rings. The van der Waals surface area contributed by atoms with E-state index < -0.39 is 0 Å². The fourth-order valence-electron chi connectivity index (χ4n) is 3.79. The van der Waals surface area contributed by atoms with Crippen LogP contribution in [0.2, 0.25) is 0 Å². The van der Waals surface area contributed by atoms with Gasteiger partial charge in [0.05, 0.1) is 12.1 Å². The van der Waals surface area contributed by atoms with E-state index in [1.807, 2.05) is 52.0 Å². The highest BCUT2D eigenvalue weighted by atomic mass is 16.7. The molecule has 28 heavy (non-hydrogen) atoms. The highest BCUT2D eigenvalue weighted by Crippen LogP contribution is 2.32. The molecule has 1 amide bonds. The Morgan fingerprint density at radius 2 is 1.89 bits per heavy atom. The standard InChI is InChI=1S/C21H22N4O3/c26-21(12-17-14-25-6-2-1-3-20(25)22-17)24-9-7-23(8-10-24)13-16-4-5-18-19(11-16)28-15-27-18/h1-6,11,14H,7-10,12-13,15H2. The van der Waals surface area contributed by atoms with E-state index >= 15 is 0 Å². The zero-order valence-corrected chi connectivity index (χ0v) is 15.6. The zero-order valence-electron chi connectivity index (χ0n) is 15.6. The molecular formula is C21H22N4O3. The molecule has 4 heterocycles. The molecule has 7 heteroatoms. The number of hydrogen-bond donors (Lipinski definition) is 0. The van der Waals surface area contributed by atoms with Crippen LogP contribution < -0.4 is 9.47 Å². The Balaban J connectivity index is 1.16. The van der Waals surface area contributed by atoms with Crippen molar-refractivity contribution in [1.82, 2.24) is 19.2 Å². The first-order valence-corrected chi connectivity index (χ1v) is 9.56. The summed E-state index contributed by atoms with van der Waals surface area (Å²) in [7, 11) is 0. The van der Waals surface area contributed by atoms with Gasteiger partial charge in [0.2, 0.25) is 12.7 Å². The van der Waals surface area contributed by atoms with Gasteiger partial charge in [0.1, 0.15) is 5.65 Å². The first kappa shape index (κ1) is 17.1. The maximum absolute atomic E-state index is 12.7. The summed E-state index contributed by atoms with van der Waals surface area (Å²) >= 11 is 0. The number of amides is 1. The molecule has 1 fully saturated rings. The van der Waals surface area contributed by atoms with Crippen LogP contribution in [0.25, 0.3) is 5.65 Å². The second-order valence-corrected chi connectivity index (χ2v) is 7.22. The summed E-state index contributed by atoms with van der Waals surface area (Å²) in [4.78, 5) is 21.5. The molecule has 0 unspecified atom stereocenters. The van der Waals surface area contributed by atoms with Crippen molar-refractivity contribution in [3.05, 3.63) is 60.0 Å². The maximum atomic E-state index is 12.7. The molecule has 3 aromatic rings. The van der Waals surface area contributed by atoms with Crippen LogP contribution >= 0.6 is 0 Å². The molecule has 0 atom stereocenters. The quantitative estimate of drug-likeness (QED) is 0.695. The Hall–Kier alpha value is -3.06. The van der Waals surface area contributed by atoms with Crippen LogP contribution in [0.3, 0.4) is 0 Å². The number of carbonyl (C=O) groups is 1. The lowest BCUT2D eigenvalue weighted by atomic mass is 10.1. The van der Waals surface area contributed by atoms with E-state index in [0.29, 0.717) is 13.2 Å². The monoisotopic (exact) mass is 378 g/mol. The number of carbonyl (C=O) groups excluding carboxylic acids is 1. The average Bonchev–Trinajstić information content (AvgIpc) is 3.34. The normalized spacial score (nSPS) is 16.6. The van der Waals surface area contributed by atoms with E-state index in [0.717, 1.165) is 55.6 Å². The van der Waals surface area contributed by atoms with Gasteiger partial charge in [-0.3, -0.25) is 9.69 Å². The van der Waals surface area contributed by atoms with Gasteiger partial charge in [0.25, 0.3) is 0 Å². The number of fused-ring (bicyclic) bond motifs is 2. The first-order chi connectivity index (χ1) is 13.7. The van der Waals surface area contributed by atoms with E-state index in [1.54, 1.807) is 0 Å². The minimum atomic E-state index is 0.145. The summed E-state index contributed by atoms with van der Waals surface area (Å²) in [5, 5.41) is 0. The van der Waals surface area contributed by atoms with Crippen LogP contribution in [-0.4, -0.2) is 58.1 Å². The topological polar surface area (TPSA) is 59.3 Å². The molecule has 0 aliphatic carbocycles. The maximum Gasteiger partial charge on any atom is 0.231 e. The van der Waals surface area contributed by atoms with E-state index in [9.17, 15) is 4.79 Å². The molecule has 5 rings (SSSR count). The number of rotatable bonds is 4. The molecule has 7 nitrogen and oxygen atoms in total. The van der Waals surface area contributed by atoms with Crippen molar-refractivity contribution < 1.29 is 14.3 Å². The smallest absolute Gasteiger partial charge is 0.231 e. The summed E-state index contributed by atoms with van der Waals surface area (Å²) in [5.74, 6) is 1.77. The number of imidazole rings is 1. The van der Waals surface area contributed by atoms with E-state index in [4.69, 9.17) is 9.47 Å². The second-order valence-electron chi connectivity index (χ2n) is 7.22. The highest BCUT2D eigenvalue weighted by molar-refractivity contribution is 5.78. The van der Waals surface area contributed by atoms with E-state index in [1.165, 1.54) is 5.56 Å². The number of aromatic nitrogens is 2. The number of hydrogen-bond acceptors (Lipinski definition) is 5. The Kier molecular flexibility index (Phi) is 4.37. The number of piperazine rings is 1. The zero-order chi connectivity index (χ0) is 18.9. The van der Waals surface area contributed by atoms with E-state index in [-0.39, 0.29) is 5.91 Å². The molecule has 0 N–H and O–H groups in total. The van der Waals surface area contributed by atoms with Gasteiger partial charge in [-0.15, -0.1) is 0 Å². The van der Waals surface area contributed by atoms with Crippen LogP contribution in [0.5, 0.6) is 11.5 Å². The van der Waals surface area contributed by atoms with Crippen molar-refractivity contribution in [1.29, 1.82) is 0 Å². The summed E-state index contributed by atoms with van der Waals surface area (Å²) < 4.78 is 12.8. The van der Waals surface area contributed by atoms with Crippen molar-refractivity contribution in [3.63, 3.8) is 0 Å². The van der Waals surface area contributed by atoms with Gasteiger partial charge in [0.15, 0.2) is 11.5 Å². The average molecular weight is 378 g/mol. The lowest BCUT2D eigenvalue weighted by Crippen LogP contribution is -2.48. The first-order valence-electron chi connectivity index (χ1n) is 9.56. The number of pyridine rings is 1. The van der Waals surface area contributed by atoms with Crippen LogP contribution in [0, 0.1) is 0 Å². The molecule has 2 aromatic heterocycles. The number of ether oxygens (including phenoxy) is 2. The van der Waals surface area contributed by atoms with Crippen molar-refractivity contribution >= 4 is 11.6 Å². The second kappa shape index (κ2) is 7.16. The third-order valence-corrected chi connectivity index (χ3v) is 5.31. The summed E-state index contributed by atoms with van der Waals surface area (Å²) in [6.45, 7) is 4.38. The van der Waals surface area contributed by atoms with Crippen molar-refractivity contribution in [2.75, 3.05) is 33.0 Å². The predicted molar refractivity (Wildman–Crippen MR) is 103 cm³/mol. The number of benzene rings is 1. The molecule has 1 aromatic carbocycles. The van der Waals surface area contributed by atoms with Crippen LogP contribution in [-0.2, 0) is 17.8 Å². The molecule has 0 radical (unpaired) electrons. The largest absolute Gasteiger partial charge is 0.454 e. The predicted octanol–water partition coefficient (Wildman–Crippen LogP) is 1.95. The molecular weight excluding hydrogens is 356 g/mol. The molecule has 0 spiro atoms. The van der Waals surface area contributed by atoms with Crippen molar-refractivity contribution in [2.45, 2.75) is 13.0 Å². The van der Waals surface area contributed by atoms with Gasteiger partial charge >= 0.3 is 0 Å². The fourth-order valence-corrected chi connectivity index (χ4v) is 3.79. The van der Waals surface area contributed by atoms with Gasteiger partial charge in [-0.2, -0.15) is 0 Å². The third kappa shape index (κ3) is 3.41. The third-order valence-electron chi connectivity index (χ3n) is 5.31. The Labute approximate surface area is 163 Å². The lowest BCUT2D eigenvalue weighted by molar-refractivity contribution is -0.132. The summed E-state index contributed by atoms with van der Waals surface area (Å²) in [6, 6.07) is 11.9. The van der Waals surface area contributed by atoms with Crippen LogP contribution in [0.4, 0.5) is 0 Å². The molecule has 144 valence electrons. The van der Waals surface area contributed by atoms with Gasteiger partial charge in [-0.1, -0.05) is 12.1 Å². The minimum absolute atomic E-state index is 0.145. The summed E-state index contributed by atoms with van der Waals surface area (Å²) in [5.41, 5.74) is 2.89. The molecule has 2 aliphatic heterocycles. The van der Waals surface area contributed by atoms with Crippen LogP contribution in [0.1, 0.15) is 11.3 Å². The Morgan fingerprint density at radius 3 is 2.75 bits per heavy atom. The minimum Gasteiger partial charge on any atom is -0.454 e. The van der Waals surface area contributed by atoms with E-state index in [2.05, 4.69) is 16.0 Å². The van der Waals surface area contributed by atoms with Crippen LogP contribution in [0.15, 0.2) is 48.8 Å². The number of nitrogens with zero attached hydrogens (tertiary/aromatic N) is 4. The van der Waals surface area contributed by atoms with Gasteiger partial charge in [-0.25, -0.2) is 4.98 Å². The highest BCUT2D eigenvalue weighted by Gasteiger charge is 2.22. The molecule has 1 saturated heterocycles.